The third-order valence-electron chi connectivity index (χ3n) is 5.75. The van der Waals surface area contributed by atoms with E-state index in [0.29, 0.717) is 30.6 Å². The number of amides is 2. The molecule has 0 N–H and O–H groups in total. The molecule has 1 aliphatic rings. The summed E-state index contributed by atoms with van der Waals surface area (Å²) in [6, 6.07) is 15.6. The molecule has 0 aliphatic carbocycles. The maximum atomic E-state index is 12.6. The summed E-state index contributed by atoms with van der Waals surface area (Å²) in [5.41, 5.74) is 5.48. The Balaban J connectivity index is 1.46. The molecule has 2 aromatic carbocycles. The predicted molar refractivity (Wildman–Crippen MR) is 113 cm³/mol. The lowest BCUT2D eigenvalue weighted by Crippen LogP contribution is -2.31. The van der Waals surface area contributed by atoms with Gasteiger partial charge >= 0.3 is 0 Å². The number of carbonyl (C=O) groups excluding carboxylic acids is 2. The number of rotatable bonds is 4. The fourth-order valence-electron chi connectivity index (χ4n) is 4.39. The van der Waals surface area contributed by atoms with Gasteiger partial charge < -0.3 is 4.57 Å². The molecule has 0 spiro atoms. The summed E-state index contributed by atoms with van der Waals surface area (Å²) < 4.78 is 2.28. The fourth-order valence-corrected chi connectivity index (χ4v) is 4.39. The number of hydrogen-bond acceptors (Lipinski definition) is 3. The van der Waals surface area contributed by atoms with Crippen LogP contribution in [0.25, 0.3) is 21.8 Å². The van der Waals surface area contributed by atoms with Gasteiger partial charge in [0.1, 0.15) is 0 Å². The zero-order valence-electron chi connectivity index (χ0n) is 16.5. The van der Waals surface area contributed by atoms with E-state index in [0.717, 1.165) is 11.2 Å². The van der Waals surface area contributed by atoms with Gasteiger partial charge in [0.2, 0.25) is 0 Å². The monoisotopic (exact) mass is 383 g/mol. The van der Waals surface area contributed by atoms with Crippen LogP contribution >= 0.6 is 0 Å². The second kappa shape index (κ2) is 6.55. The first-order valence-electron chi connectivity index (χ1n) is 9.85. The van der Waals surface area contributed by atoms with Crippen molar-refractivity contribution >= 4 is 33.6 Å². The molecule has 5 nitrogen and oxygen atoms in total. The molecule has 0 radical (unpaired) electrons. The van der Waals surface area contributed by atoms with Crippen molar-refractivity contribution in [1.29, 1.82) is 0 Å². The summed E-state index contributed by atoms with van der Waals surface area (Å²) in [6.07, 6.45) is 2.53. The number of pyridine rings is 1. The highest BCUT2D eigenvalue weighted by Gasteiger charge is 2.34. The molecule has 0 unspecified atom stereocenters. The summed E-state index contributed by atoms with van der Waals surface area (Å²) in [5.74, 6) is -0.386. The van der Waals surface area contributed by atoms with Crippen LogP contribution in [0.3, 0.4) is 0 Å². The van der Waals surface area contributed by atoms with E-state index in [-0.39, 0.29) is 11.8 Å². The van der Waals surface area contributed by atoms with Crippen molar-refractivity contribution < 1.29 is 9.59 Å². The first kappa shape index (κ1) is 17.6. The van der Waals surface area contributed by atoms with E-state index in [4.69, 9.17) is 0 Å². The molecule has 2 aromatic heterocycles. The van der Waals surface area contributed by atoms with Gasteiger partial charge in [0.05, 0.1) is 22.3 Å². The molecule has 29 heavy (non-hydrogen) atoms. The zero-order chi connectivity index (χ0) is 20.1. The van der Waals surface area contributed by atoms with Crippen LogP contribution in [0.2, 0.25) is 0 Å². The van der Waals surface area contributed by atoms with Crippen LogP contribution in [0.5, 0.6) is 0 Å². The van der Waals surface area contributed by atoms with Crippen LogP contribution < -0.4 is 0 Å². The van der Waals surface area contributed by atoms with Crippen LogP contribution in [0.15, 0.2) is 54.7 Å². The molecule has 2 amide bonds. The summed E-state index contributed by atoms with van der Waals surface area (Å²) in [7, 11) is 0. The van der Waals surface area contributed by atoms with Crippen molar-refractivity contribution in [1.82, 2.24) is 14.5 Å². The number of nitrogens with zero attached hydrogens (tertiary/aromatic N) is 3. The maximum Gasteiger partial charge on any atom is 0.261 e. The average molecular weight is 383 g/mol. The lowest BCUT2D eigenvalue weighted by atomic mass is 10.1. The molecule has 0 atom stereocenters. The Hall–Kier alpha value is -3.47. The van der Waals surface area contributed by atoms with Crippen molar-refractivity contribution in [3.63, 3.8) is 0 Å². The topological polar surface area (TPSA) is 55.2 Å². The van der Waals surface area contributed by atoms with E-state index < -0.39 is 0 Å². The van der Waals surface area contributed by atoms with Crippen molar-refractivity contribution in [3.05, 3.63) is 77.1 Å². The van der Waals surface area contributed by atoms with E-state index in [1.165, 1.54) is 26.8 Å². The molecule has 0 saturated heterocycles. The SMILES string of the molecule is Cc1ccc2c3ccnc(C)c3n(CCCN3C(=O)c4ccccc4C3=O)c2c1. The van der Waals surface area contributed by atoms with Crippen molar-refractivity contribution in [2.75, 3.05) is 6.54 Å². The third-order valence-corrected chi connectivity index (χ3v) is 5.75. The number of aryl methyl sites for hydroxylation is 3. The number of fused-ring (bicyclic) bond motifs is 4. The molecule has 5 heteroatoms. The summed E-state index contributed by atoms with van der Waals surface area (Å²) >= 11 is 0. The van der Waals surface area contributed by atoms with Gasteiger partial charge in [-0.1, -0.05) is 24.3 Å². The fraction of sp³-hybridized carbons (Fsp3) is 0.208. The van der Waals surface area contributed by atoms with E-state index in [1.54, 1.807) is 24.3 Å². The van der Waals surface area contributed by atoms with Crippen LogP contribution in [0, 0.1) is 13.8 Å². The molecule has 5 rings (SSSR count). The summed E-state index contributed by atoms with van der Waals surface area (Å²) in [5, 5.41) is 2.39. The highest BCUT2D eigenvalue weighted by atomic mass is 16.2. The number of aromatic nitrogens is 2. The molecule has 1 aliphatic heterocycles. The van der Waals surface area contributed by atoms with Gasteiger partial charge in [-0.05, 0) is 50.1 Å². The smallest absolute Gasteiger partial charge is 0.261 e. The van der Waals surface area contributed by atoms with Crippen molar-refractivity contribution in [2.45, 2.75) is 26.8 Å². The summed E-state index contributed by atoms with van der Waals surface area (Å²) in [6.45, 7) is 5.22. The van der Waals surface area contributed by atoms with E-state index in [9.17, 15) is 9.59 Å². The number of carbonyl (C=O) groups is 2. The minimum Gasteiger partial charge on any atom is -0.339 e. The molecule has 144 valence electrons. The lowest BCUT2D eigenvalue weighted by Gasteiger charge is -2.15. The number of imide groups is 1. The quantitative estimate of drug-likeness (QED) is 0.488. The van der Waals surface area contributed by atoms with Gasteiger partial charge in [-0.15, -0.1) is 0 Å². The van der Waals surface area contributed by atoms with Crippen LogP contribution in [-0.2, 0) is 6.54 Å². The normalized spacial score (nSPS) is 13.7. The Bertz CT molecular complexity index is 1270. The first-order valence-corrected chi connectivity index (χ1v) is 9.85. The maximum absolute atomic E-state index is 12.6. The van der Waals surface area contributed by atoms with Gasteiger partial charge in [-0.3, -0.25) is 19.5 Å². The van der Waals surface area contributed by atoms with Crippen LogP contribution in [-0.4, -0.2) is 32.8 Å². The standard InChI is InChI=1S/C24H21N3O2/c1-15-8-9-17-18-10-11-25-16(2)22(18)26(21(17)14-15)12-5-13-27-23(28)19-6-3-4-7-20(19)24(27)29/h3-4,6-11,14H,5,12-13H2,1-2H3. The zero-order valence-corrected chi connectivity index (χ0v) is 16.5. The van der Waals surface area contributed by atoms with Gasteiger partial charge in [-0.25, -0.2) is 0 Å². The van der Waals surface area contributed by atoms with Gasteiger partial charge in [0, 0.05) is 35.6 Å². The second-order valence-corrected chi connectivity index (χ2v) is 7.63. The minimum absolute atomic E-state index is 0.193. The molecule has 0 saturated carbocycles. The van der Waals surface area contributed by atoms with Crippen molar-refractivity contribution in [3.8, 4) is 0 Å². The van der Waals surface area contributed by atoms with Crippen LogP contribution in [0.1, 0.15) is 38.4 Å². The van der Waals surface area contributed by atoms with Gasteiger partial charge in [-0.2, -0.15) is 0 Å². The molecule has 3 heterocycles. The summed E-state index contributed by atoms with van der Waals surface area (Å²) in [4.78, 5) is 31.1. The number of benzene rings is 2. The molecule has 0 fully saturated rings. The Kier molecular flexibility index (Phi) is 3.98. The van der Waals surface area contributed by atoms with Gasteiger partial charge in [0.25, 0.3) is 11.8 Å². The molecular weight excluding hydrogens is 362 g/mol. The highest BCUT2D eigenvalue weighted by molar-refractivity contribution is 6.21. The lowest BCUT2D eigenvalue weighted by molar-refractivity contribution is 0.0651. The van der Waals surface area contributed by atoms with Crippen LogP contribution in [0.4, 0.5) is 0 Å². The third kappa shape index (κ3) is 2.65. The number of hydrogen-bond donors (Lipinski definition) is 0. The Labute approximate surface area is 168 Å². The molecular formula is C24H21N3O2. The highest BCUT2D eigenvalue weighted by Crippen LogP contribution is 2.31. The molecule has 4 aromatic rings. The van der Waals surface area contributed by atoms with Crippen molar-refractivity contribution in [2.24, 2.45) is 0 Å². The predicted octanol–water partition coefficient (Wildman–Crippen LogP) is 4.49. The molecule has 0 bridgehead atoms. The Morgan fingerprint density at radius 2 is 1.59 bits per heavy atom. The van der Waals surface area contributed by atoms with E-state index in [2.05, 4.69) is 40.7 Å². The first-order chi connectivity index (χ1) is 14.1. The second-order valence-electron chi connectivity index (χ2n) is 7.63. The van der Waals surface area contributed by atoms with E-state index in [1.807, 2.05) is 13.1 Å². The Morgan fingerprint density at radius 1 is 0.862 bits per heavy atom. The largest absolute Gasteiger partial charge is 0.339 e. The average Bonchev–Trinajstić information content (AvgIpc) is 3.16. The Morgan fingerprint density at radius 3 is 2.31 bits per heavy atom. The van der Waals surface area contributed by atoms with Gasteiger partial charge in [0.15, 0.2) is 0 Å². The van der Waals surface area contributed by atoms with E-state index >= 15 is 0 Å². The minimum atomic E-state index is -0.193.